The molecular formula is C16H26BrNO. The number of ether oxygens (including phenoxy) is 1. The van der Waals surface area contributed by atoms with Crippen molar-refractivity contribution in [2.45, 2.75) is 39.2 Å². The Bertz CT molecular complexity index is 356. The van der Waals surface area contributed by atoms with Crippen LogP contribution in [0.3, 0.4) is 0 Å². The summed E-state index contributed by atoms with van der Waals surface area (Å²) >= 11 is 3.64. The van der Waals surface area contributed by atoms with Crippen LogP contribution < -0.4 is 5.32 Å². The lowest BCUT2D eigenvalue weighted by Crippen LogP contribution is -2.38. The van der Waals surface area contributed by atoms with Gasteiger partial charge >= 0.3 is 0 Å². The minimum atomic E-state index is 0.508. The Morgan fingerprint density at radius 3 is 2.68 bits per heavy atom. The third-order valence-corrected chi connectivity index (χ3v) is 4.29. The first-order chi connectivity index (χ1) is 9.19. The Balaban J connectivity index is 2.65. The number of hydrogen-bond donors (Lipinski definition) is 1. The molecule has 2 atom stereocenters. The molecule has 0 aliphatic heterocycles. The van der Waals surface area contributed by atoms with Gasteiger partial charge in [-0.15, -0.1) is 0 Å². The van der Waals surface area contributed by atoms with Crippen molar-refractivity contribution in [2.75, 3.05) is 20.3 Å². The molecule has 0 aliphatic rings. The summed E-state index contributed by atoms with van der Waals surface area (Å²) in [4.78, 5) is 0. The zero-order valence-electron chi connectivity index (χ0n) is 12.3. The van der Waals surface area contributed by atoms with E-state index in [2.05, 4.69) is 59.4 Å². The first kappa shape index (κ1) is 16.7. The van der Waals surface area contributed by atoms with E-state index < -0.39 is 0 Å². The fourth-order valence-electron chi connectivity index (χ4n) is 2.21. The molecule has 0 heterocycles. The number of halogens is 1. The van der Waals surface area contributed by atoms with Gasteiger partial charge < -0.3 is 10.1 Å². The van der Waals surface area contributed by atoms with Crippen LogP contribution in [0.25, 0.3) is 0 Å². The summed E-state index contributed by atoms with van der Waals surface area (Å²) < 4.78 is 6.41. The molecule has 0 saturated carbocycles. The maximum absolute atomic E-state index is 5.20. The van der Waals surface area contributed by atoms with Crippen molar-refractivity contribution >= 4 is 15.9 Å². The van der Waals surface area contributed by atoms with Crippen LogP contribution >= 0.6 is 15.9 Å². The average Bonchev–Trinajstić information content (AvgIpc) is 2.42. The van der Waals surface area contributed by atoms with Gasteiger partial charge in [0.2, 0.25) is 0 Å². The van der Waals surface area contributed by atoms with Crippen LogP contribution in [0, 0.1) is 5.92 Å². The van der Waals surface area contributed by atoms with Crippen LogP contribution in [0.4, 0.5) is 0 Å². The Morgan fingerprint density at radius 2 is 2.05 bits per heavy atom. The van der Waals surface area contributed by atoms with E-state index in [4.69, 9.17) is 4.74 Å². The Morgan fingerprint density at radius 1 is 1.32 bits per heavy atom. The minimum absolute atomic E-state index is 0.508. The second kappa shape index (κ2) is 9.51. The number of hydrogen-bond acceptors (Lipinski definition) is 2. The molecule has 0 saturated heterocycles. The van der Waals surface area contributed by atoms with E-state index in [1.165, 1.54) is 16.5 Å². The van der Waals surface area contributed by atoms with Crippen molar-refractivity contribution in [3.05, 3.63) is 34.3 Å². The molecule has 0 amide bonds. The third-order valence-electron chi connectivity index (χ3n) is 3.52. The summed E-state index contributed by atoms with van der Waals surface area (Å²) in [5.74, 6) is 0.610. The molecule has 1 aromatic rings. The minimum Gasteiger partial charge on any atom is -0.385 e. The summed E-state index contributed by atoms with van der Waals surface area (Å²) in [5, 5.41) is 3.68. The van der Waals surface area contributed by atoms with Crippen molar-refractivity contribution in [3.8, 4) is 0 Å². The molecule has 2 nitrogen and oxygen atoms in total. The van der Waals surface area contributed by atoms with Gasteiger partial charge in [0.1, 0.15) is 0 Å². The zero-order valence-corrected chi connectivity index (χ0v) is 13.9. The lowest BCUT2D eigenvalue weighted by Gasteiger charge is -2.25. The van der Waals surface area contributed by atoms with Crippen LogP contribution in [-0.4, -0.2) is 26.3 Å². The van der Waals surface area contributed by atoms with Crippen molar-refractivity contribution in [3.63, 3.8) is 0 Å². The maximum Gasteiger partial charge on any atom is 0.0465 e. The van der Waals surface area contributed by atoms with Gasteiger partial charge in [0.15, 0.2) is 0 Å². The lowest BCUT2D eigenvalue weighted by molar-refractivity contribution is 0.170. The van der Waals surface area contributed by atoms with E-state index in [1.807, 2.05) is 0 Å². The summed E-state index contributed by atoms with van der Waals surface area (Å²) in [7, 11) is 1.77. The van der Waals surface area contributed by atoms with Crippen LogP contribution in [0.1, 0.15) is 32.3 Å². The van der Waals surface area contributed by atoms with E-state index in [0.29, 0.717) is 12.0 Å². The van der Waals surface area contributed by atoms with E-state index in [1.54, 1.807) is 7.11 Å². The predicted molar refractivity (Wildman–Crippen MR) is 85.6 cm³/mol. The van der Waals surface area contributed by atoms with Crippen LogP contribution in [-0.2, 0) is 11.2 Å². The van der Waals surface area contributed by atoms with E-state index in [0.717, 1.165) is 26.0 Å². The molecule has 19 heavy (non-hydrogen) atoms. The van der Waals surface area contributed by atoms with Gasteiger partial charge in [0, 0.05) is 24.2 Å². The van der Waals surface area contributed by atoms with Crippen LogP contribution in [0.15, 0.2) is 28.7 Å². The van der Waals surface area contributed by atoms with Crippen molar-refractivity contribution in [1.82, 2.24) is 5.32 Å². The molecule has 108 valence electrons. The third kappa shape index (κ3) is 6.07. The fourth-order valence-corrected chi connectivity index (χ4v) is 2.66. The number of methoxy groups -OCH3 is 1. The van der Waals surface area contributed by atoms with Gasteiger partial charge in [-0.3, -0.25) is 0 Å². The molecule has 0 fully saturated rings. The molecule has 1 aromatic carbocycles. The van der Waals surface area contributed by atoms with E-state index in [9.17, 15) is 0 Å². The van der Waals surface area contributed by atoms with Crippen LogP contribution in [0.2, 0.25) is 0 Å². The number of benzene rings is 1. The highest BCUT2D eigenvalue weighted by Crippen LogP contribution is 2.21. The topological polar surface area (TPSA) is 21.3 Å². The smallest absolute Gasteiger partial charge is 0.0465 e. The zero-order chi connectivity index (χ0) is 14.1. The number of nitrogens with one attached hydrogen (secondary N) is 1. The van der Waals surface area contributed by atoms with Crippen molar-refractivity contribution < 1.29 is 4.74 Å². The summed E-state index contributed by atoms with van der Waals surface area (Å²) in [5.41, 5.74) is 1.38. The first-order valence-corrected chi connectivity index (χ1v) is 7.94. The summed E-state index contributed by atoms with van der Waals surface area (Å²) in [6, 6.07) is 9.00. The maximum atomic E-state index is 5.20. The van der Waals surface area contributed by atoms with Gasteiger partial charge in [-0.2, -0.15) is 0 Å². The lowest BCUT2D eigenvalue weighted by atomic mass is 9.92. The predicted octanol–water partition coefficient (Wildman–Crippen LogP) is 4.03. The van der Waals surface area contributed by atoms with Crippen molar-refractivity contribution in [2.24, 2.45) is 5.92 Å². The molecular weight excluding hydrogens is 302 g/mol. The van der Waals surface area contributed by atoms with Crippen LogP contribution in [0.5, 0.6) is 0 Å². The second-order valence-corrected chi connectivity index (χ2v) is 5.97. The molecule has 0 aromatic heterocycles. The SMILES string of the molecule is CCCNC(Cc1ccccc1Br)C(C)CCOC. The van der Waals surface area contributed by atoms with Gasteiger partial charge in [0.05, 0.1) is 0 Å². The summed E-state index contributed by atoms with van der Waals surface area (Å²) in [6.45, 7) is 6.43. The molecule has 0 aliphatic carbocycles. The highest BCUT2D eigenvalue weighted by atomic mass is 79.9. The number of rotatable bonds is 9. The van der Waals surface area contributed by atoms with E-state index in [-0.39, 0.29) is 0 Å². The standard InChI is InChI=1S/C16H26BrNO/c1-4-10-18-16(13(2)9-11-19-3)12-14-7-5-6-8-15(14)17/h5-8,13,16,18H,4,9-12H2,1-3H3. The second-order valence-electron chi connectivity index (χ2n) is 5.11. The Hall–Kier alpha value is -0.380. The van der Waals surface area contributed by atoms with E-state index >= 15 is 0 Å². The Kier molecular flexibility index (Phi) is 8.35. The molecule has 0 radical (unpaired) electrons. The average molecular weight is 328 g/mol. The van der Waals surface area contributed by atoms with Gasteiger partial charge in [-0.25, -0.2) is 0 Å². The Labute approximate surface area is 126 Å². The molecule has 3 heteroatoms. The van der Waals surface area contributed by atoms with Gasteiger partial charge in [-0.1, -0.05) is 48.0 Å². The molecule has 0 spiro atoms. The highest BCUT2D eigenvalue weighted by Gasteiger charge is 2.17. The first-order valence-electron chi connectivity index (χ1n) is 7.14. The van der Waals surface area contributed by atoms with Gasteiger partial charge in [-0.05, 0) is 43.4 Å². The largest absolute Gasteiger partial charge is 0.385 e. The van der Waals surface area contributed by atoms with Gasteiger partial charge in [0.25, 0.3) is 0 Å². The normalized spacial score (nSPS) is 14.3. The fraction of sp³-hybridized carbons (Fsp3) is 0.625. The quantitative estimate of drug-likeness (QED) is 0.739. The van der Waals surface area contributed by atoms with Crippen molar-refractivity contribution in [1.29, 1.82) is 0 Å². The monoisotopic (exact) mass is 327 g/mol. The molecule has 0 bridgehead atoms. The molecule has 2 unspecified atom stereocenters. The molecule has 1 rings (SSSR count). The highest BCUT2D eigenvalue weighted by molar-refractivity contribution is 9.10. The molecule has 1 N–H and O–H groups in total. The summed E-state index contributed by atoms with van der Waals surface area (Å²) in [6.07, 6.45) is 3.33.